The predicted molar refractivity (Wildman–Crippen MR) is 110 cm³/mol. The van der Waals surface area contributed by atoms with Crippen molar-refractivity contribution in [1.29, 1.82) is 0 Å². The van der Waals surface area contributed by atoms with Crippen molar-refractivity contribution in [2.45, 2.75) is 56.7 Å². The number of hydrogen-bond donors (Lipinski definition) is 1. The first kappa shape index (κ1) is 19.4. The highest BCUT2D eigenvalue weighted by molar-refractivity contribution is 5.94. The third kappa shape index (κ3) is 4.26. The molecule has 6 heteroatoms. The zero-order valence-electron chi connectivity index (χ0n) is 16.7. The molecule has 0 saturated carbocycles. The zero-order chi connectivity index (χ0) is 20.2. The van der Waals surface area contributed by atoms with E-state index in [4.69, 9.17) is 4.74 Å². The fourth-order valence-corrected chi connectivity index (χ4v) is 4.61. The van der Waals surface area contributed by atoms with E-state index in [1.807, 2.05) is 35.2 Å². The van der Waals surface area contributed by atoms with Crippen LogP contribution in [0.25, 0.3) is 0 Å². The molecule has 4 rings (SSSR count). The van der Waals surface area contributed by atoms with Crippen molar-refractivity contribution in [1.82, 2.24) is 15.2 Å². The molecule has 0 unspecified atom stereocenters. The largest absolute Gasteiger partial charge is 0.497 e. The van der Waals surface area contributed by atoms with Crippen molar-refractivity contribution in [2.24, 2.45) is 0 Å². The number of aromatic nitrogens is 1. The van der Waals surface area contributed by atoms with Crippen LogP contribution in [0.15, 0.2) is 48.8 Å². The second-order valence-electron chi connectivity index (χ2n) is 7.88. The van der Waals surface area contributed by atoms with Crippen molar-refractivity contribution in [3.05, 3.63) is 59.9 Å². The molecule has 2 fully saturated rings. The second-order valence-corrected chi connectivity index (χ2v) is 7.88. The van der Waals surface area contributed by atoms with Crippen LogP contribution in [0.1, 0.15) is 48.0 Å². The number of ether oxygens (including phenoxy) is 1. The molecule has 2 aromatic rings. The van der Waals surface area contributed by atoms with Crippen LogP contribution in [-0.2, 0) is 11.2 Å². The maximum Gasteiger partial charge on any atom is 0.256 e. The Morgan fingerprint density at radius 3 is 2.79 bits per heavy atom. The normalized spacial score (nSPS) is 24.2. The van der Waals surface area contributed by atoms with Gasteiger partial charge < -0.3 is 15.0 Å². The Kier molecular flexibility index (Phi) is 5.79. The number of methoxy groups -OCH3 is 1. The van der Waals surface area contributed by atoms with Crippen LogP contribution >= 0.6 is 0 Å². The summed E-state index contributed by atoms with van der Waals surface area (Å²) in [6, 6.07) is 11.7. The summed E-state index contributed by atoms with van der Waals surface area (Å²) in [5.74, 6) is 0.912. The summed E-state index contributed by atoms with van der Waals surface area (Å²) in [7, 11) is 1.65. The molecule has 6 nitrogen and oxygen atoms in total. The number of benzene rings is 1. The highest BCUT2D eigenvalue weighted by atomic mass is 16.5. The van der Waals surface area contributed by atoms with Gasteiger partial charge in [0.25, 0.3) is 5.91 Å². The summed E-state index contributed by atoms with van der Waals surface area (Å²) in [4.78, 5) is 31.8. The van der Waals surface area contributed by atoms with Gasteiger partial charge in [-0.3, -0.25) is 14.6 Å². The monoisotopic (exact) mass is 393 g/mol. The molecule has 3 heterocycles. The number of pyridine rings is 1. The summed E-state index contributed by atoms with van der Waals surface area (Å²) in [5, 5.41) is 3.18. The van der Waals surface area contributed by atoms with Gasteiger partial charge in [-0.1, -0.05) is 18.6 Å². The Hall–Kier alpha value is -2.89. The summed E-state index contributed by atoms with van der Waals surface area (Å²) in [6.45, 7) is 0. The number of fused-ring (bicyclic) bond motifs is 1. The van der Waals surface area contributed by atoms with E-state index < -0.39 is 0 Å². The molecule has 2 aliphatic rings. The lowest BCUT2D eigenvalue weighted by atomic mass is 9.97. The first-order valence-electron chi connectivity index (χ1n) is 10.3. The van der Waals surface area contributed by atoms with Gasteiger partial charge in [0.2, 0.25) is 5.91 Å². The number of carbonyl (C=O) groups is 2. The van der Waals surface area contributed by atoms with Gasteiger partial charge in [0, 0.05) is 24.9 Å². The van der Waals surface area contributed by atoms with Crippen LogP contribution in [-0.4, -0.2) is 46.9 Å². The van der Waals surface area contributed by atoms with E-state index in [2.05, 4.69) is 10.3 Å². The van der Waals surface area contributed by atoms with Gasteiger partial charge >= 0.3 is 0 Å². The lowest BCUT2D eigenvalue weighted by Crippen LogP contribution is -2.49. The fourth-order valence-electron chi connectivity index (χ4n) is 4.61. The maximum atomic E-state index is 13.4. The highest BCUT2D eigenvalue weighted by Crippen LogP contribution is 2.33. The predicted octanol–water partition coefficient (Wildman–Crippen LogP) is 2.97. The van der Waals surface area contributed by atoms with Gasteiger partial charge in [0.1, 0.15) is 5.75 Å². The minimum Gasteiger partial charge on any atom is -0.497 e. The molecular weight excluding hydrogens is 366 g/mol. The van der Waals surface area contributed by atoms with E-state index in [1.165, 1.54) is 0 Å². The quantitative estimate of drug-likeness (QED) is 0.867. The molecule has 1 aromatic heterocycles. The first-order valence-corrected chi connectivity index (χ1v) is 10.3. The van der Waals surface area contributed by atoms with Crippen molar-refractivity contribution < 1.29 is 14.3 Å². The van der Waals surface area contributed by atoms with E-state index in [-0.39, 0.29) is 29.9 Å². The summed E-state index contributed by atoms with van der Waals surface area (Å²) < 4.78 is 5.25. The standard InChI is InChI=1S/C23H27N3O3/c1-29-19-10-8-16(9-11-19)13-18-14-20-21(6-2-3-7-22(27)25-20)26(18)23(28)17-5-4-12-24-15-17/h4-5,8-12,15,18,20-21H,2-3,6-7,13-14H2,1H3,(H,25,27)/t18-,20+,21-/m1/s1. The van der Waals surface area contributed by atoms with Crippen molar-refractivity contribution >= 4 is 11.8 Å². The average molecular weight is 393 g/mol. The Morgan fingerprint density at radius 1 is 1.24 bits per heavy atom. The third-order valence-electron chi connectivity index (χ3n) is 6.01. The molecule has 0 spiro atoms. The molecule has 0 bridgehead atoms. The highest BCUT2D eigenvalue weighted by Gasteiger charge is 2.44. The van der Waals surface area contributed by atoms with E-state index in [0.29, 0.717) is 12.0 Å². The lowest BCUT2D eigenvalue weighted by Gasteiger charge is -2.33. The van der Waals surface area contributed by atoms with Gasteiger partial charge in [-0.2, -0.15) is 0 Å². The van der Waals surface area contributed by atoms with Crippen molar-refractivity contribution in [3.8, 4) is 5.75 Å². The molecule has 1 aromatic carbocycles. The number of amides is 2. The van der Waals surface area contributed by atoms with E-state index in [1.54, 1.807) is 25.6 Å². The number of rotatable bonds is 4. The van der Waals surface area contributed by atoms with Crippen LogP contribution in [0.5, 0.6) is 5.75 Å². The molecule has 0 aliphatic carbocycles. The van der Waals surface area contributed by atoms with Gasteiger partial charge in [-0.05, 0) is 55.5 Å². The van der Waals surface area contributed by atoms with Crippen LogP contribution in [0, 0.1) is 0 Å². The van der Waals surface area contributed by atoms with Gasteiger partial charge in [0.05, 0.1) is 24.8 Å². The summed E-state index contributed by atoms with van der Waals surface area (Å²) in [5.41, 5.74) is 1.75. The van der Waals surface area contributed by atoms with Crippen molar-refractivity contribution in [2.75, 3.05) is 7.11 Å². The molecule has 29 heavy (non-hydrogen) atoms. The van der Waals surface area contributed by atoms with Gasteiger partial charge in [0.15, 0.2) is 0 Å². The third-order valence-corrected chi connectivity index (χ3v) is 6.01. The molecular formula is C23H27N3O3. The Balaban J connectivity index is 1.62. The lowest BCUT2D eigenvalue weighted by molar-refractivity contribution is -0.122. The molecule has 1 N–H and O–H groups in total. The topological polar surface area (TPSA) is 71.5 Å². The second kappa shape index (κ2) is 8.64. The number of carbonyl (C=O) groups excluding carboxylic acids is 2. The van der Waals surface area contributed by atoms with Gasteiger partial charge in [-0.15, -0.1) is 0 Å². The van der Waals surface area contributed by atoms with Crippen molar-refractivity contribution in [3.63, 3.8) is 0 Å². The minimum absolute atomic E-state index is 0.000987. The molecule has 2 amide bonds. The van der Waals surface area contributed by atoms with Gasteiger partial charge in [-0.25, -0.2) is 0 Å². The summed E-state index contributed by atoms with van der Waals surface area (Å²) >= 11 is 0. The van der Waals surface area contributed by atoms with Crippen LogP contribution in [0.3, 0.4) is 0 Å². The van der Waals surface area contributed by atoms with E-state index in [0.717, 1.165) is 43.4 Å². The van der Waals surface area contributed by atoms with Crippen LogP contribution in [0.4, 0.5) is 0 Å². The molecule has 2 aliphatic heterocycles. The van der Waals surface area contributed by atoms with Crippen LogP contribution in [0.2, 0.25) is 0 Å². The van der Waals surface area contributed by atoms with Crippen LogP contribution < -0.4 is 10.1 Å². The number of hydrogen-bond acceptors (Lipinski definition) is 4. The molecule has 2 saturated heterocycles. The SMILES string of the molecule is COc1ccc(C[C@@H]2C[C@@H]3NC(=O)CCCC[C@H]3N2C(=O)c2cccnc2)cc1. The first-order chi connectivity index (χ1) is 14.2. The Morgan fingerprint density at radius 2 is 2.07 bits per heavy atom. The Labute approximate surface area is 171 Å². The number of likely N-dealkylation sites (tertiary alicyclic amines) is 1. The molecule has 0 radical (unpaired) electrons. The minimum atomic E-state index is -0.000987. The van der Waals surface area contributed by atoms with E-state index >= 15 is 0 Å². The summed E-state index contributed by atoms with van der Waals surface area (Å²) in [6.07, 6.45) is 8.14. The number of nitrogens with zero attached hydrogens (tertiary/aromatic N) is 2. The average Bonchev–Trinajstić information content (AvgIpc) is 3.06. The Bertz CT molecular complexity index is 853. The smallest absolute Gasteiger partial charge is 0.256 e. The molecule has 152 valence electrons. The maximum absolute atomic E-state index is 13.4. The number of nitrogens with one attached hydrogen (secondary N) is 1. The molecule has 3 atom stereocenters. The van der Waals surface area contributed by atoms with E-state index in [9.17, 15) is 9.59 Å². The fraction of sp³-hybridized carbons (Fsp3) is 0.435. The zero-order valence-corrected chi connectivity index (χ0v) is 16.7.